The third-order valence-corrected chi connectivity index (χ3v) is 3.25. The van der Waals surface area contributed by atoms with E-state index in [0.29, 0.717) is 12.3 Å². The molecule has 1 heterocycles. The number of hydrogen-bond acceptors (Lipinski definition) is 2. The van der Waals surface area contributed by atoms with Gasteiger partial charge < -0.3 is 10.6 Å². The maximum Gasteiger partial charge on any atom is 0.224 e. The van der Waals surface area contributed by atoms with Gasteiger partial charge in [-0.05, 0) is 17.5 Å². The molecule has 0 radical (unpaired) electrons. The zero-order chi connectivity index (χ0) is 12.1. The fourth-order valence-corrected chi connectivity index (χ4v) is 1.89. The number of aryl methyl sites for hydroxylation is 1. The highest BCUT2D eigenvalue weighted by atomic mass is 16.1. The Balaban J connectivity index is 1.76. The Labute approximate surface area is 103 Å². The third kappa shape index (κ3) is 3.56. The Kier molecular flexibility index (Phi) is 4.15. The van der Waals surface area contributed by atoms with Crippen LogP contribution in [0.15, 0.2) is 24.3 Å². The Hall–Kier alpha value is -1.35. The van der Waals surface area contributed by atoms with E-state index in [-0.39, 0.29) is 5.91 Å². The molecule has 0 aromatic heterocycles. The van der Waals surface area contributed by atoms with Crippen molar-refractivity contribution in [2.45, 2.75) is 19.8 Å². The summed E-state index contributed by atoms with van der Waals surface area (Å²) < 4.78 is 0. The average Bonchev–Trinajstić information content (AvgIpc) is 2.28. The molecule has 1 aliphatic heterocycles. The van der Waals surface area contributed by atoms with E-state index in [4.69, 9.17) is 0 Å². The van der Waals surface area contributed by atoms with Gasteiger partial charge in [0.15, 0.2) is 0 Å². The molecule has 0 aliphatic carbocycles. The van der Waals surface area contributed by atoms with E-state index in [1.54, 1.807) is 0 Å². The standard InChI is InChI=1S/C14H20N2O/c1-2-11-3-5-12(6-4-11)7-14(17)16-10-13-8-15-9-13/h3-6,13,15H,2,7-10H2,1H3,(H,16,17). The highest BCUT2D eigenvalue weighted by Gasteiger charge is 2.16. The van der Waals surface area contributed by atoms with Crippen LogP contribution in [0.4, 0.5) is 0 Å². The van der Waals surface area contributed by atoms with E-state index in [9.17, 15) is 4.79 Å². The quantitative estimate of drug-likeness (QED) is 0.799. The van der Waals surface area contributed by atoms with Gasteiger partial charge in [0, 0.05) is 25.6 Å². The lowest BCUT2D eigenvalue weighted by atomic mass is 10.0. The lowest BCUT2D eigenvalue weighted by Crippen LogP contribution is -2.48. The molecule has 2 rings (SSSR count). The van der Waals surface area contributed by atoms with Crippen LogP contribution in [0.5, 0.6) is 0 Å². The summed E-state index contributed by atoms with van der Waals surface area (Å²) in [6, 6.07) is 8.28. The SMILES string of the molecule is CCc1ccc(CC(=O)NCC2CNC2)cc1. The number of benzene rings is 1. The second-order valence-electron chi connectivity index (χ2n) is 4.68. The summed E-state index contributed by atoms with van der Waals surface area (Å²) in [5, 5.41) is 6.18. The molecule has 17 heavy (non-hydrogen) atoms. The maximum absolute atomic E-state index is 11.7. The number of amides is 1. The van der Waals surface area contributed by atoms with Crippen molar-refractivity contribution in [2.24, 2.45) is 5.92 Å². The zero-order valence-corrected chi connectivity index (χ0v) is 10.3. The molecule has 0 saturated carbocycles. The van der Waals surface area contributed by atoms with Gasteiger partial charge >= 0.3 is 0 Å². The monoisotopic (exact) mass is 232 g/mol. The summed E-state index contributed by atoms with van der Waals surface area (Å²) >= 11 is 0. The van der Waals surface area contributed by atoms with Crippen LogP contribution in [-0.4, -0.2) is 25.5 Å². The minimum Gasteiger partial charge on any atom is -0.355 e. The van der Waals surface area contributed by atoms with Crippen LogP contribution in [0.3, 0.4) is 0 Å². The Morgan fingerprint density at radius 1 is 1.29 bits per heavy atom. The number of nitrogens with one attached hydrogen (secondary N) is 2. The predicted molar refractivity (Wildman–Crippen MR) is 68.9 cm³/mol. The number of carbonyl (C=O) groups excluding carboxylic acids is 1. The van der Waals surface area contributed by atoms with Gasteiger partial charge in [0.05, 0.1) is 6.42 Å². The predicted octanol–water partition coefficient (Wildman–Crippen LogP) is 1.13. The summed E-state index contributed by atoms with van der Waals surface area (Å²) in [5.74, 6) is 0.752. The summed E-state index contributed by atoms with van der Waals surface area (Å²) in [6.07, 6.45) is 1.53. The zero-order valence-electron chi connectivity index (χ0n) is 10.3. The van der Waals surface area contributed by atoms with Gasteiger partial charge in [-0.1, -0.05) is 31.2 Å². The molecular weight excluding hydrogens is 212 g/mol. The van der Waals surface area contributed by atoms with Crippen molar-refractivity contribution >= 4 is 5.91 Å². The fourth-order valence-electron chi connectivity index (χ4n) is 1.89. The molecule has 2 N–H and O–H groups in total. The summed E-state index contributed by atoms with van der Waals surface area (Å²) in [4.78, 5) is 11.7. The van der Waals surface area contributed by atoms with E-state index in [1.807, 2.05) is 12.1 Å². The lowest BCUT2D eigenvalue weighted by Gasteiger charge is -2.27. The molecule has 0 spiro atoms. The topological polar surface area (TPSA) is 41.1 Å². The van der Waals surface area contributed by atoms with Crippen LogP contribution in [0.2, 0.25) is 0 Å². The number of carbonyl (C=O) groups is 1. The smallest absolute Gasteiger partial charge is 0.224 e. The van der Waals surface area contributed by atoms with Crippen LogP contribution < -0.4 is 10.6 Å². The highest BCUT2D eigenvalue weighted by Crippen LogP contribution is 2.06. The molecule has 3 heteroatoms. The minimum absolute atomic E-state index is 0.126. The van der Waals surface area contributed by atoms with Crippen molar-refractivity contribution in [3.05, 3.63) is 35.4 Å². The van der Waals surface area contributed by atoms with Crippen molar-refractivity contribution in [1.82, 2.24) is 10.6 Å². The summed E-state index contributed by atoms with van der Waals surface area (Å²) in [6.45, 7) is 5.00. The molecule has 0 bridgehead atoms. The Morgan fingerprint density at radius 2 is 1.94 bits per heavy atom. The van der Waals surface area contributed by atoms with Crippen LogP contribution in [0, 0.1) is 5.92 Å². The largest absolute Gasteiger partial charge is 0.355 e. The normalized spacial score (nSPS) is 15.4. The van der Waals surface area contributed by atoms with Gasteiger partial charge in [0.25, 0.3) is 0 Å². The van der Waals surface area contributed by atoms with E-state index < -0.39 is 0 Å². The molecular formula is C14H20N2O. The van der Waals surface area contributed by atoms with Crippen molar-refractivity contribution in [1.29, 1.82) is 0 Å². The van der Waals surface area contributed by atoms with Gasteiger partial charge in [-0.15, -0.1) is 0 Å². The van der Waals surface area contributed by atoms with Crippen molar-refractivity contribution in [3.8, 4) is 0 Å². The maximum atomic E-state index is 11.7. The molecule has 1 aromatic carbocycles. The van der Waals surface area contributed by atoms with Crippen LogP contribution in [0.25, 0.3) is 0 Å². The van der Waals surface area contributed by atoms with Gasteiger partial charge in [0.2, 0.25) is 5.91 Å². The molecule has 3 nitrogen and oxygen atoms in total. The van der Waals surface area contributed by atoms with Crippen LogP contribution >= 0.6 is 0 Å². The van der Waals surface area contributed by atoms with Crippen molar-refractivity contribution in [2.75, 3.05) is 19.6 Å². The first kappa shape index (κ1) is 12.1. The molecule has 1 saturated heterocycles. The Morgan fingerprint density at radius 3 is 2.47 bits per heavy atom. The van der Waals surface area contributed by atoms with Crippen molar-refractivity contribution in [3.63, 3.8) is 0 Å². The van der Waals surface area contributed by atoms with Gasteiger partial charge in [0.1, 0.15) is 0 Å². The van der Waals surface area contributed by atoms with E-state index >= 15 is 0 Å². The summed E-state index contributed by atoms with van der Waals surface area (Å²) in [7, 11) is 0. The first-order valence-corrected chi connectivity index (χ1v) is 6.33. The second kappa shape index (κ2) is 5.82. The average molecular weight is 232 g/mol. The minimum atomic E-state index is 0.126. The van der Waals surface area contributed by atoms with Crippen molar-refractivity contribution < 1.29 is 4.79 Å². The molecule has 0 atom stereocenters. The number of hydrogen-bond donors (Lipinski definition) is 2. The first-order valence-electron chi connectivity index (χ1n) is 6.33. The number of rotatable bonds is 5. The third-order valence-electron chi connectivity index (χ3n) is 3.25. The first-order chi connectivity index (χ1) is 8.28. The van der Waals surface area contributed by atoms with Gasteiger partial charge in [-0.2, -0.15) is 0 Å². The molecule has 92 valence electrons. The van der Waals surface area contributed by atoms with Gasteiger partial charge in [-0.25, -0.2) is 0 Å². The molecule has 0 unspecified atom stereocenters. The van der Waals surface area contributed by atoms with E-state index in [0.717, 1.165) is 31.6 Å². The fraction of sp³-hybridized carbons (Fsp3) is 0.500. The molecule has 1 fully saturated rings. The lowest BCUT2D eigenvalue weighted by molar-refractivity contribution is -0.120. The van der Waals surface area contributed by atoms with E-state index in [2.05, 4.69) is 29.7 Å². The molecule has 1 aromatic rings. The van der Waals surface area contributed by atoms with E-state index in [1.165, 1.54) is 5.56 Å². The molecule has 1 aliphatic rings. The highest BCUT2D eigenvalue weighted by molar-refractivity contribution is 5.78. The Bertz CT molecular complexity index is 368. The van der Waals surface area contributed by atoms with Crippen LogP contribution in [0.1, 0.15) is 18.1 Å². The molecule has 1 amide bonds. The van der Waals surface area contributed by atoms with Crippen LogP contribution in [-0.2, 0) is 17.6 Å². The summed E-state index contributed by atoms with van der Waals surface area (Å²) in [5.41, 5.74) is 2.40. The van der Waals surface area contributed by atoms with Gasteiger partial charge in [-0.3, -0.25) is 4.79 Å². The second-order valence-corrected chi connectivity index (χ2v) is 4.68.